The highest BCUT2D eigenvalue weighted by Gasteiger charge is 2.46. The van der Waals surface area contributed by atoms with Crippen molar-refractivity contribution in [2.45, 2.75) is 38.6 Å². The fraction of sp³-hybridized carbons (Fsp3) is 0.450. The SMILES string of the molecule is Cc1nc(N2CCC3(CCCC3N)C2)nc(C(N)=O)c1-c1cccc(Cl)c1Cl. The van der Waals surface area contributed by atoms with Crippen LogP contribution in [0.25, 0.3) is 11.1 Å². The number of anilines is 1. The van der Waals surface area contributed by atoms with Gasteiger partial charge in [-0.3, -0.25) is 4.79 Å². The van der Waals surface area contributed by atoms with Gasteiger partial charge in [-0.05, 0) is 32.3 Å². The summed E-state index contributed by atoms with van der Waals surface area (Å²) in [4.78, 5) is 23.6. The smallest absolute Gasteiger partial charge is 0.268 e. The van der Waals surface area contributed by atoms with E-state index < -0.39 is 5.91 Å². The quantitative estimate of drug-likeness (QED) is 0.791. The number of amides is 1. The fourth-order valence-electron chi connectivity index (χ4n) is 4.64. The molecule has 2 aliphatic rings. The van der Waals surface area contributed by atoms with Crippen molar-refractivity contribution in [3.8, 4) is 11.1 Å². The second-order valence-corrected chi connectivity index (χ2v) is 8.62. The van der Waals surface area contributed by atoms with Gasteiger partial charge in [0.15, 0.2) is 0 Å². The minimum absolute atomic E-state index is 0.124. The third-order valence-electron chi connectivity index (χ3n) is 6.18. The molecule has 4 rings (SSSR count). The van der Waals surface area contributed by atoms with E-state index in [0.29, 0.717) is 32.8 Å². The average Bonchev–Trinajstić information content (AvgIpc) is 3.24. The van der Waals surface area contributed by atoms with Crippen LogP contribution in [-0.4, -0.2) is 35.0 Å². The Hall–Kier alpha value is -1.89. The lowest BCUT2D eigenvalue weighted by Crippen LogP contribution is -2.39. The van der Waals surface area contributed by atoms with Gasteiger partial charge in [-0.2, -0.15) is 0 Å². The maximum atomic E-state index is 12.2. The second-order valence-electron chi connectivity index (χ2n) is 7.83. The second kappa shape index (κ2) is 7.17. The molecule has 2 heterocycles. The Balaban J connectivity index is 1.76. The van der Waals surface area contributed by atoms with Gasteiger partial charge in [0, 0.05) is 35.7 Å². The number of hydrogen-bond acceptors (Lipinski definition) is 5. The summed E-state index contributed by atoms with van der Waals surface area (Å²) in [6, 6.07) is 5.46. The Bertz CT molecular complexity index is 950. The zero-order chi connectivity index (χ0) is 20.1. The molecule has 2 aromatic rings. The maximum absolute atomic E-state index is 12.2. The number of benzene rings is 1. The summed E-state index contributed by atoms with van der Waals surface area (Å²) in [5.41, 5.74) is 14.1. The highest BCUT2D eigenvalue weighted by molar-refractivity contribution is 6.43. The maximum Gasteiger partial charge on any atom is 0.268 e. The number of aryl methyl sites for hydroxylation is 1. The number of carbonyl (C=O) groups excluding carboxylic acids is 1. The summed E-state index contributed by atoms with van der Waals surface area (Å²) in [6.45, 7) is 3.46. The standard InChI is InChI=1S/C20H23Cl2N5O/c1-11-15(12-4-2-5-13(21)16(12)22)17(18(24)28)26-19(25-11)27-9-8-20(10-27)7-3-6-14(20)23/h2,4-5,14H,3,6-10,23H2,1H3,(H2,24,28). The summed E-state index contributed by atoms with van der Waals surface area (Å²) in [5, 5.41) is 0.748. The van der Waals surface area contributed by atoms with Crippen LogP contribution >= 0.6 is 23.2 Å². The molecule has 1 saturated heterocycles. The largest absolute Gasteiger partial charge is 0.364 e. The number of primary amides is 1. The molecular weight excluding hydrogens is 397 g/mol. The van der Waals surface area contributed by atoms with Crippen LogP contribution in [0, 0.1) is 12.3 Å². The molecule has 1 spiro atoms. The van der Waals surface area contributed by atoms with Gasteiger partial charge < -0.3 is 16.4 Å². The molecule has 1 amide bonds. The molecule has 0 bridgehead atoms. The molecule has 8 heteroatoms. The number of nitrogens with zero attached hydrogens (tertiary/aromatic N) is 3. The number of aromatic nitrogens is 2. The van der Waals surface area contributed by atoms with E-state index in [0.717, 1.165) is 38.8 Å². The zero-order valence-electron chi connectivity index (χ0n) is 15.7. The molecular formula is C20H23Cl2N5O. The van der Waals surface area contributed by atoms with E-state index in [1.54, 1.807) is 18.2 Å². The van der Waals surface area contributed by atoms with E-state index in [2.05, 4.69) is 14.9 Å². The molecule has 1 aliphatic heterocycles. The van der Waals surface area contributed by atoms with Crippen LogP contribution in [0.1, 0.15) is 41.9 Å². The topological polar surface area (TPSA) is 98.1 Å². The lowest BCUT2D eigenvalue weighted by molar-refractivity contribution is 0.0996. The predicted molar refractivity (Wildman–Crippen MR) is 112 cm³/mol. The highest BCUT2D eigenvalue weighted by Crippen LogP contribution is 2.45. The molecule has 2 fully saturated rings. The van der Waals surface area contributed by atoms with Crippen LogP contribution in [0.2, 0.25) is 10.0 Å². The van der Waals surface area contributed by atoms with Gasteiger partial charge in [0.05, 0.1) is 15.7 Å². The van der Waals surface area contributed by atoms with E-state index >= 15 is 0 Å². The first-order valence-electron chi connectivity index (χ1n) is 9.46. The molecule has 28 heavy (non-hydrogen) atoms. The first kappa shape index (κ1) is 19.4. The Morgan fingerprint density at radius 3 is 2.75 bits per heavy atom. The average molecular weight is 420 g/mol. The molecule has 148 valence electrons. The first-order chi connectivity index (χ1) is 13.3. The molecule has 1 aromatic heterocycles. The molecule has 0 radical (unpaired) electrons. The Labute approximate surface area is 174 Å². The van der Waals surface area contributed by atoms with Crippen LogP contribution in [-0.2, 0) is 0 Å². The normalized spacial score (nSPS) is 24.3. The van der Waals surface area contributed by atoms with E-state index in [9.17, 15) is 4.79 Å². The van der Waals surface area contributed by atoms with Crippen molar-refractivity contribution in [3.63, 3.8) is 0 Å². The van der Waals surface area contributed by atoms with Gasteiger partial charge in [0.2, 0.25) is 5.95 Å². The van der Waals surface area contributed by atoms with Gasteiger partial charge in [-0.1, -0.05) is 41.8 Å². The summed E-state index contributed by atoms with van der Waals surface area (Å²) >= 11 is 12.5. The molecule has 1 aliphatic carbocycles. The Kier molecular flexibility index (Phi) is 4.98. The Morgan fingerprint density at radius 2 is 2.07 bits per heavy atom. The van der Waals surface area contributed by atoms with Gasteiger partial charge in [0.25, 0.3) is 5.91 Å². The molecule has 6 nitrogen and oxygen atoms in total. The van der Waals surface area contributed by atoms with Crippen molar-refractivity contribution in [1.82, 2.24) is 9.97 Å². The van der Waals surface area contributed by atoms with Crippen molar-refractivity contribution in [3.05, 3.63) is 39.6 Å². The third-order valence-corrected chi connectivity index (χ3v) is 7.00. The van der Waals surface area contributed by atoms with Crippen LogP contribution in [0.4, 0.5) is 5.95 Å². The van der Waals surface area contributed by atoms with Crippen molar-refractivity contribution < 1.29 is 4.79 Å². The summed E-state index contributed by atoms with van der Waals surface area (Å²) < 4.78 is 0. The van der Waals surface area contributed by atoms with Gasteiger partial charge in [-0.25, -0.2) is 9.97 Å². The molecule has 1 saturated carbocycles. The van der Waals surface area contributed by atoms with E-state index in [1.807, 2.05) is 6.92 Å². The summed E-state index contributed by atoms with van der Waals surface area (Å²) in [5.74, 6) is -0.103. The number of carbonyl (C=O) groups is 1. The highest BCUT2D eigenvalue weighted by atomic mass is 35.5. The van der Waals surface area contributed by atoms with Gasteiger partial charge in [-0.15, -0.1) is 0 Å². The summed E-state index contributed by atoms with van der Waals surface area (Å²) in [7, 11) is 0. The number of nitrogens with two attached hydrogens (primary N) is 2. The minimum Gasteiger partial charge on any atom is -0.364 e. The molecule has 2 atom stereocenters. The minimum atomic E-state index is -0.621. The van der Waals surface area contributed by atoms with Gasteiger partial charge >= 0.3 is 0 Å². The monoisotopic (exact) mass is 419 g/mol. The third kappa shape index (κ3) is 3.13. The van der Waals surface area contributed by atoms with Crippen molar-refractivity contribution >= 4 is 35.1 Å². The summed E-state index contributed by atoms with van der Waals surface area (Å²) in [6.07, 6.45) is 4.37. The lowest BCUT2D eigenvalue weighted by atomic mass is 9.82. The van der Waals surface area contributed by atoms with E-state index in [1.165, 1.54) is 0 Å². The molecule has 2 unspecified atom stereocenters. The van der Waals surface area contributed by atoms with Crippen LogP contribution < -0.4 is 16.4 Å². The van der Waals surface area contributed by atoms with Crippen molar-refractivity contribution in [2.75, 3.05) is 18.0 Å². The van der Waals surface area contributed by atoms with Crippen LogP contribution in [0.3, 0.4) is 0 Å². The molecule has 1 aromatic carbocycles. The number of rotatable bonds is 3. The molecule has 4 N–H and O–H groups in total. The van der Waals surface area contributed by atoms with Crippen LogP contribution in [0.5, 0.6) is 0 Å². The fourth-order valence-corrected chi connectivity index (χ4v) is 5.03. The number of halogens is 2. The predicted octanol–water partition coefficient (Wildman–Crippen LogP) is 3.57. The number of hydrogen-bond donors (Lipinski definition) is 2. The van der Waals surface area contributed by atoms with Crippen molar-refractivity contribution in [2.24, 2.45) is 16.9 Å². The van der Waals surface area contributed by atoms with E-state index in [-0.39, 0.29) is 17.2 Å². The van der Waals surface area contributed by atoms with Gasteiger partial charge in [0.1, 0.15) is 5.69 Å². The lowest BCUT2D eigenvalue weighted by Gasteiger charge is -2.28. The van der Waals surface area contributed by atoms with Crippen molar-refractivity contribution in [1.29, 1.82) is 0 Å². The zero-order valence-corrected chi connectivity index (χ0v) is 17.2. The van der Waals surface area contributed by atoms with E-state index in [4.69, 9.17) is 34.7 Å². The van der Waals surface area contributed by atoms with Crippen LogP contribution in [0.15, 0.2) is 18.2 Å². The Morgan fingerprint density at radius 1 is 1.29 bits per heavy atom. The first-order valence-corrected chi connectivity index (χ1v) is 10.2.